The van der Waals surface area contributed by atoms with Crippen molar-refractivity contribution in [2.45, 2.75) is 77.5 Å². The first-order valence-electron chi connectivity index (χ1n) is 9.76. The Bertz CT molecular complexity index is 769. The minimum atomic E-state index is -1.22. The number of fused-ring (bicyclic) bond motifs is 1. The molecule has 148 valence electrons. The van der Waals surface area contributed by atoms with E-state index in [-0.39, 0.29) is 12.0 Å². The van der Waals surface area contributed by atoms with E-state index in [1.807, 2.05) is 6.92 Å². The lowest BCUT2D eigenvalue weighted by atomic mass is 9.51. The van der Waals surface area contributed by atoms with Crippen molar-refractivity contribution in [3.8, 4) is 0 Å². The Kier molecular flexibility index (Phi) is 3.93. The van der Waals surface area contributed by atoms with Crippen LogP contribution in [0.4, 0.5) is 0 Å². The zero-order valence-corrected chi connectivity index (χ0v) is 16.7. The Hall–Kier alpha value is -1.66. The molecule has 4 rings (SSSR count). The number of rotatable bonds is 4. The van der Waals surface area contributed by atoms with Crippen molar-refractivity contribution in [2.75, 3.05) is 6.61 Å². The standard InChI is InChI=1S/C21H28O6/c1-7-24-21-10-20-14(26-20)9-8-12(4)19(20,6)16(25-17(22)11(2)3)15(21)13(5)18(23)27-21/h12,14,16H,2,7-10H2,1,3-6H3. The molecule has 0 aromatic rings. The Morgan fingerprint density at radius 1 is 1.37 bits per heavy atom. The second-order valence-electron chi connectivity index (χ2n) is 8.61. The van der Waals surface area contributed by atoms with E-state index >= 15 is 0 Å². The molecule has 1 saturated heterocycles. The molecule has 6 unspecified atom stereocenters. The van der Waals surface area contributed by atoms with Gasteiger partial charge in [0.15, 0.2) is 0 Å². The highest BCUT2D eigenvalue weighted by molar-refractivity contribution is 5.93. The van der Waals surface area contributed by atoms with E-state index in [0.29, 0.717) is 29.7 Å². The van der Waals surface area contributed by atoms with Crippen molar-refractivity contribution >= 4 is 11.9 Å². The van der Waals surface area contributed by atoms with Crippen LogP contribution in [-0.4, -0.2) is 42.1 Å². The topological polar surface area (TPSA) is 74.4 Å². The molecule has 2 heterocycles. The molecule has 6 nitrogen and oxygen atoms in total. The number of hydrogen-bond donors (Lipinski definition) is 0. The smallest absolute Gasteiger partial charge is 0.336 e. The molecule has 0 aromatic heterocycles. The zero-order chi connectivity index (χ0) is 19.8. The fourth-order valence-corrected chi connectivity index (χ4v) is 5.56. The molecule has 27 heavy (non-hydrogen) atoms. The highest BCUT2D eigenvalue weighted by Crippen LogP contribution is 2.71. The van der Waals surface area contributed by atoms with Crippen molar-refractivity contribution in [3.05, 3.63) is 23.3 Å². The van der Waals surface area contributed by atoms with Crippen LogP contribution in [0.5, 0.6) is 0 Å². The van der Waals surface area contributed by atoms with Crippen molar-refractivity contribution in [2.24, 2.45) is 11.3 Å². The number of epoxide rings is 1. The third kappa shape index (κ3) is 2.20. The van der Waals surface area contributed by atoms with Crippen molar-refractivity contribution in [3.63, 3.8) is 0 Å². The summed E-state index contributed by atoms with van der Waals surface area (Å²) in [5.41, 5.74) is 0.440. The zero-order valence-electron chi connectivity index (χ0n) is 16.7. The predicted octanol–water partition coefficient (Wildman–Crippen LogP) is 3.06. The predicted molar refractivity (Wildman–Crippen MR) is 96.6 cm³/mol. The molecule has 2 aliphatic carbocycles. The van der Waals surface area contributed by atoms with Crippen LogP contribution < -0.4 is 0 Å². The molecule has 4 aliphatic rings. The highest BCUT2D eigenvalue weighted by atomic mass is 16.7. The maximum absolute atomic E-state index is 12.5. The van der Waals surface area contributed by atoms with E-state index in [2.05, 4.69) is 20.4 Å². The number of carbonyl (C=O) groups excluding carboxylic acids is 2. The highest BCUT2D eigenvalue weighted by Gasteiger charge is 2.81. The normalized spacial score (nSPS) is 44.8. The van der Waals surface area contributed by atoms with Crippen LogP contribution in [0.15, 0.2) is 23.3 Å². The molecule has 0 N–H and O–H groups in total. The summed E-state index contributed by atoms with van der Waals surface area (Å²) in [6.45, 7) is 13.6. The number of carbonyl (C=O) groups is 2. The number of ether oxygens (including phenoxy) is 4. The second-order valence-corrected chi connectivity index (χ2v) is 8.61. The first kappa shape index (κ1) is 18.7. The lowest BCUT2D eigenvalue weighted by molar-refractivity contribution is -0.244. The fraction of sp³-hybridized carbons (Fsp3) is 0.714. The number of esters is 2. The summed E-state index contributed by atoms with van der Waals surface area (Å²) in [4.78, 5) is 25.1. The van der Waals surface area contributed by atoms with Crippen LogP contribution in [0.25, 0.3) is 0 Å². The second kappa shape index (κ2) is 5.67. The molecule has 0 bridgehead atoms. The van der Waals surface area contributed by atoms with Gasteiger partial charge in [-0.25, -0.2) is 9.59 Å². The van der Waals surface area contributed by atoms with E-state index in [4.69, 9.17) is 18.9 Å². The summed E-state index contributed by atoms with van der Waals surface area (Å²) in [7, 11) is 0. The van der Waals surface area contributed by atoms with Crippen LogP contribution >= 0.6 is 0 Å². The maximum Gasteiger partial charge on any atom is 0.336 e. The van der Waals surface area contributed by atoms with Gasteiger partial charge in [-0.1, -0.05) is 20.4 Å². The quantitative estimate of drug-likeness (QED) is 0.426. The molecule has 2 saturated carbocycles. The molecule has 0 amide bonds. The SMILES string of the molecule is C=C(C)C(=O)OC1C2=C(C)C(=O)OC2(OCC)CC23OC2CCC(C)C13C. The molecule has 0 aromatic carbocycles. The molecule has 1 spiro atoms. The van der Waals surface area contributed by atoms with E-state index in [0.717, 1.165) is 12.8 Å². The summed E-state index contributed by atoms with van der Waals surface area (Å²) in [5, 5.41) is 0. The molecule has 2 aliphatic heterocycles. The van der Waals surface area contributed by atoms with Gasteiger partial charge in [-0.15, -0.1) is 0 Å². The average Bonchev–Trinajstić information content (AvgIpc) is 3.25. The first-order valence-corrected chi connectivity index (χ1v) is 9.76. The van der Waals surface area contributed by atoms with Crippen molar-refractivity contribution < 1.29 is 28.5 Å². The summed E-state index contributed by atoms with van der Waals surface area (Å²) >= 11 is 0. The Morgan fingerprint density at radius 3 is 2.70 bits per heavy atom. The van der Waals surface area contributed by atoms with Gasteiger partial charge in [-0.3, -0.25) is 0 Å². The summed E-state index contributed by atoms with van der Waals surface area (Å²) in [6, 6.07) is 0. The third-order valence-electron chi connectivity index (χ3n) is 7.24. The van der Waals surface area contributed by atoms with Gasteiger partial charge in [0.05, 0.1) is 18.1 Å². The Morgan fingerprint density at radius 2 is 2.07 bits per heavy atom. The van der Waals surface area contributed by atoms with Gasteiger partial charge in [-0.2, -0.15) is 0 Å². The lowest BCUT2D eigenvalue weighted by Gasteiger charge is -2.55. The minimum absolute atomic E-state index is 0.0724. The first-order chi connectivity index (χ1) is 12.6. The average molecular weight is 376 g/mol. The van der Waals surface area contributed by atoms with E-state index in [1.54, 1.807) is 13.8 Å². The van der Waals surface area contributed by atoms with Gasteiger partial charge in [0, 0.05) is 23.2 Å². The van der Waals surface area contributed by atoms with Gasteiger partial charge < -0.3 is 18.9 Å². The summed E-state index contributed by atoms with van der Waals surface area (Å²) in [5.74, 6) is -1.87. The van der Waals surface area contributed by atoms with Crippen molar-refractivity contribution in [1.82, 2.24) is 0 Å². The molecule has 6 heteroatoms. The maximum atomic E-state index is 12.5. The van der Waals surface area contributed by atoms with Crippen LogP contribution in [0.1, 0.15) is 53.9 Å². The van der Waals surface area contributed by atoms with Crippen LogP contribution in [0, 0.1) is 11.3 Å². The lowest BCUT2D eigenvalue weighted by Crippen LogP contribution is -2.65. The monoisotopic (exact) mass is 376 g/mol. The fourth-order valence-electron chi connectivity index (χ4n) is 5.56. The molecular formula is C21H28O6. The van der Waals surface area contributed by atoms with E-state index in [9.17, 15) is 9.59 Å². The summed E-state index contributed by atoms with van der Waals surface area (Å²) < 4.78 is 24.1. The minimum Gasteiger partial charge on any atom is -0.453 e. The van der Waals surface area contributed by atoms with Crippen molar-refractivity contribution in [1.29, 1.82) is 0 Å². The van der Waals surface area contributed by atoms with Crippen LogP contribution in [-0.2, 0) is 28.5 Å². The molecule has 3 fully saturated rings. The molecule has 6 atom stereocenters. The van der Waals surface area contributed by atoms with E-state index < -0.39 is 34.8 Å². The van der Waals surface area contributed by atoms with Gasteiger partial charge in [-0.05, 0) is 39.5 Å². The van der Waals surface area contributed by atoms with E-state index in [1.165, 1.54) is 0 Å². The third-order valence-corrected chi connectivity index (χ3v) is 7.24. The van der Waals surface area contributed by atoms with Gasteiger partial charge in [0.25, 0.3) is 0 Å². The Labute approximate surface area is 159 Å². The van der Waals surface area contributed by atoms with Crippen LogP contribution in [0.2, 0.25) is 0 Å². The largest absolute Gasteiger partial charge is 0.453 e. The van der Waals surface area contributed by atoms with Gasteiger partial charge >= 0.3 is 11.9 Å². The van der Waals surface area contributed by atoms with Gasteiger partial charge in [0.1, 0.15) is 11.7 Å². The summed E-state index contributed by atoms with van der Waals surface area (Å²) in [6.07, 6.45) is 1.79. The number of hydrogen-bond acceptors (Lipinski definition) is 6. The molecular weight excluding hydrogens is 348 g/mol. The van der Waals surface area contributed by atoms with Crippen LogP contribution in [0.3, 0.4) is 0 Å². The Balaban J connectivity index is 1.90. The van der Waals surface area contributed by atoms with Gasteiger partial charge in [0.2, 0.25) is 5.79 Å². The molecule has 0 radical (unpaired) electrons.